The molecule has 0 unspecified atom stereocenters. The number of aromatic nitrogens is 1. The summed E-state index contributed by atoms with van der Waals surface area (Å²) in [6.07, 6.45) is 4.40. The van der Waals surface area contributed by atoms with Crippen molar-refractivity contribution in [2.24, 2.45) is 11.1 Å². The molecule has 0 spiro atoms. The second kappa shape index (κ2) is 14.6. The van der Waals surface area contributed by atoms with E-state index in [0.29, 0.717) is 30.0 Å². The fraction of sp³-hybridized carbons (Fsp3) is 0.250. The van der Waals surface area contributed by atoms with E-state index in [1.165, 1.54) is 16.7 Å². The first-order chi connectivity index (χ1) is 26.2. The lowest BCUT2D eigenvalue weighted by atomic mass is 9.80. The van der Waals surface area contributed by atoms with E-state index < -0.39 is 34.8 Å². The second-order valence-corrected chi connectivity index (χ2v) is 15.5. The van der Waals surface area contributed by atoms with Crippen molar-refractivity contribution >= 4 is 57.6 Å². The average molecular weight is 761 g/mol. The number of nitrogen functional groups attached to an aromatic ring is 1. The van der Waals surface area contributed by atoms with Gasteiger partial charge in [0.25, 0.3) is 11.8 Å². The maximum absolute atomic E-state index is 14.2. The first kappa shape index (κ1) is 35.3. The molecule has 1 saturated carbocycles. The minimum atomic E-state index is -1.30. The van der Waals surface area contributed by atoms with Crippen LogP contribution in [0.1, 0.15) is 41.6 Å². The Morgan fingerprint density at radius 2 is 1.59 bits per heavy atom. The number of thiazole rings is 1. The fourth-order valence-corrected chi connectivity index (χ4v) is 9.01. The zero-order chi connectivity index (χ0) is 37.4. The third kappa shape index (κ3) is 6.56. The maximum atomic E-state index is 14.2. The predicted molar refractivity (Wildman–Crippen MR) is 205 cm³/mol. The van der Waals surface area contributed by atoms with Gasteiger partial charge in [0.2, 0.25) is 11.5 Å². The van der Waals surface area contributed by atoms with E-state index in [9.17, 15) is 24.3 Å². The van der Waals surface area contributed by atoms with Gasteiger partial charge in [-0.25, -0.2) is 9.78 Å². The molecule has 4 aliphatic rings. The molecule has 3 aliphatic heterocycles. The number of thioether (sulfide) groups is 1. The SMILES string of the molecule is Nc1nc(/C(=N/OC(c2ccccc2)(c2ccccc2)c2ccccc2)C(=O)N[C@@H]2C(=O)N3C(C(=O)O)=C(/C=C4\CCN(CC5CC5)C4=O)CS[C@H]23)cs1. The van der Waals surface area contributed by atoms with Crippen molar-refractivity contribution in [3.63, 3.8) is 0 Å². The van der Waals surface area contributed by atoms with Gasteiger partial charge in [-0.15, -0.1) is 23.1 Å². The van der Waals surface area contributed by atoms with Crippen molar-refractivity contribution < 1.29 is 29.1 Å². The first-order valence-corrected chi connectivity index (χ1v) is 19.5. The number of β-lactam (4-membered cyclic amide) rings is 1. The number of amides is 3. The van der Waals surface area contributed by atoms with Gasteiger partial charge < -0.3 is 25.9 Å². The molecule has 54 heavy (non-hydrogen) atoms. The number of anilines is 1. The summed E-state index contributed by atoms with van der Waals surface area (Å²) < 4.78 is 0. The number of hydrogen-bond acceptors (Lipinski definition) is 10. The number of nitrogens with two attached hydrogens (primary N) is 1. The van der Waals surface area contributed by atoms with Crippen molar-refractivity contribution in [2.75, 3.05) is 24.6 Å². The van der Waals surface area contributed by atoms with Crippen LogP contribution in [0.4, 0.5) is 5.13 Å². The summed E-state index contributed by atoms with van der Waals surface area (Å²) in [5.41, 5.74) is 7.64. The smallest absolute Gasteiger partial charge is 0.352 e. The van der Waals surface area contributed by atoms with Gasteiger partial charge in [-0.05, 0) is 36.8 Å². The highest BCUT2D eigenvalue weighted by molar-refractivity contribution is 8.00. The summed E-state index contributed by atoms with van der Waals surface area (Å²) in [7, 11) is 0. The van der Waals surface area contributed by atoms with Gasteiger partial charge in [0.15, 0.2) is 10.8 Å². The van der Waals surface area contributed by atoms with Crippen LogP contribution >= 0.6 is 23.1 Å². The molecule has 8 rings (SSSR count). The van der Waals surface area contributed by atoms with Gasteiger partial charge in [0, 0.05) is 46.5 Å². The van der Waals surface area contributed by atoms with Crippen LogP contribution in [0.15, 0.2) is 124 Å². The molecular weight excluding hydrogens is 725 g/mol. The van der Waals surface area contributed by atoms with Crippen LogP contribution in [0.5, 0.6) is 0 Å². The summed E-state index contributed by atoms with van der Waals surface area (Å²) in [6, 6.07) is 27.5. The highest BCUT2D eigenvalue weighted by Crippen LogP contribution is 2.43. The molecule has 12 nitrogen and oxygen atoms in total. The normalized spacial score (nSPS) is 20.9. The van der Waals surface area contributed by atoms with Gasteiger partial charge >= 0.3 is 5.97 Å². The monoisotopic (exact) mass is 760 g/mol. The quantitative estimate of drug-likeness (QED) is 0.0608. The van der Waals surface area contributed by atoms with E-state index in [2.05, 4.69) is 15.5 Å². The molecule has 3 fully saturated rings. The van der Waals surface area contributed by atoms with Crippen LogP contribution in [-0.4, -0.2) is 79.6 Å². The Kier molecular flexibility index (Phi) is 9.54. The third-order valence-electron chi connectivity index (χ3n) is 10.0. The Morgan fingerprint density at radius 3 is 2.13 bits per heavy atom. The molecule has 1 aliphatic carbocycles. The number of carboxylic acid groups (broad SMARTS) is 1. The first-order valence-electron chi connectivity index (χ1n) is 17.6. The maximum Gasteiger partial charge on any atom is 0.352 e. The number of carbonyl (C=O) groups excluding carboxylic acids is 3. The Balaban J connectivity index is 1.10. The lowest BCUT2D eigenvalue weighted by Gasteiger charge is -2.49. The van der Waals surface area contributed by atoms with Crippen LogP contribution < -0.4 is 11.1 Å². The lowest BCUT2D eigenvalue weighted by molar-refractivity contribution is -0.150. The van der Waals surface area contributed by atoms with Gasteiger partial charge in [-0.3, -0.25) is 19.3 Å². The number of nitrogens with one attached hydrogen (secondary N) is 1. The molecule has 0 radical (unpaired) electrons. The van der Waals surface area contributed by atoms with Gasteiger partial charge in [0.05, 0.1) is 0 Å². The van der Waals surface area contributed by atoms with E-state index in [-0.39, 0.29) is 33.9 Å². The number of rotatable bonds is 12. The molecule has 3 amide bonds. The molecule has 2 saturated heterocycles. The van der Waals surface area contributed by atoms with E-state index in [0.717, 1.165) is 47.4 Å². The molecule has 0 bridgehead atoms. The van der Waals surface area contributed by atoms with E-state index in [4.69, 9.17) is 10.6 Å². The Morgan fingerprint density at radius 1 is 0.981 bits per heavy atom. The molecule has 4 heterocycles. The topological polar surface area (TPSA) is 168 Å². The van der Waals surface area contributed by atoms with Gasteiger partial charge in [0.1, 0.15) is 22.8 Å². The van der Waals surface area contributed by atoms with Gasteiger partial charge in [-0.1, -0.05) is 96.2 Å². The summed E-state index contributed by atoms with van der Waals surface area (Å²) in [6.45, 7) is 1.32. The minimum absolute atomic E-state index is 0.0844. The number of oxime groups is 1. The third-order valence-corrected chi connectivity index (χ3v) is 12.0. The molecule has 2 atom stereocenters. The number of carbonyl (C=O) groups is 4. The van der Waals surface area contributed by atoms with Crippen LogP contribution in [0.25, 0.3) is 0 Å². The van der Waals surface area contributed by atoms with Gasteiger partial charge in [-0.2, -0.15) is 0 Å². The second-order valence-electron chi connectivity index (χ2n) is 13.5. The van der Waals surface area contributed by atoms with Crippen LogP contribution in [-0.2, 0) is 29.6 Å². The molecule has 274 valence electrons. The number of benzene rings is 3. The Labute approximate surface area is 319 Å². The molecule has 3 aromatic carbocycles. The molecule has 4 aromatic rings. The standard InChI is InChI=1S/C40H36N6O6S2/c41-39-42-30(23-54-39)31(44-52-40(27-10-4-1-5-11-27,28-12-6-2-7-13-28)29-14-8-3-9-15-29)34(47)43-32-36(49)46-33(38(50)51)26(22-53-37(32)46)20-25-18-19-45(35(25)48)21-24-16-17-24/h1-15,20,23-24,32,37H,16-19,21-22H2,(H2,41,42)(H,43,47)(H,50,51)/b25-20+,44-31-/t32-,37-/m1/s1. The Hall–Kier alpha value is -5.73. The summed E-state index contributed by atoms with van der Waals surface area (Å²) in [4.78, 5) is 67.5. The summed E-state index contributed by atoms with van der Waals surface area (Å²) >= 11 is 2.44. The number of allylic oxidation sites excluding steroid dienone is 1. The molecule has 1 aromatic heterocycles. The van der Waals surface area contributed by atoms with Crippen LogP contribution in [0, 0.1) is 5.92 Å². The van der Waals surface area contributed by atoms with E-state index >= 15 is 0 Å². The average Bonchev–Trinajstić information content (AvgIpc) is 3.82. The van der Waals surface area contributed by atoms with Crippen molar-refractivity contribution in [1.29, 1.82) is 0 Å². The molecule has 4 N–H and O–H groups in total. The van der Waals surface area contributed by atoms with Crippen molar-refractivity contribution in [3.8, 4) is 0 Å². The predicted octanol–water partition coefficient (Wildman–Crippen LogP) is 4.75. The number of carboxylic acids is 1. The minimum Gasteiger partial charge on any atom is -0.477 e. The van der Waals surface area contributed by atoms with Crippen molar-refractivity contribution in [3.05, 3.63) is 142 Å². The fourth-order valence-electron chi connectivity index (χ4n) is 7.15. The van der Waals surface area contributed by atoms with Crippen LogP contribution in [0.3, 0.4) is 0 Å². The number of nitrogens with zero attached hydrogens (tertiary/aromatic N) is 4. The summed E-state index contributed by atoms with van der Waals surface area (Å²) in [5, 5.41) is 18.7. The van der Waals surface area contributed by atoms with E-state index in [1.54, 1.807) is 11.5 Å². The number of fused-ring (bicyclic) bond motifs is 1. The van der Waals surface area contributed by atoms with Crippen molar-refractivity contribution in [1.82, 2.24) is 20.1 Å². The highest BCUT2D eigenvalue weighted by Gasteiger charge is 2.54. The number of aliphatic carboxylic acids is 1. The van der Waals surface area contributed by atoms with E-state index in [1.807, 2.05) is 95.9 Å². The number of likely N-dealkylation sites (tertiary alicyclic amines) is 1. The molecular formula is C40H36N6O6S2. The Bertz CT molecular complexity index is 2110. The van der Waals surface area contributed by atoms with Crippen LogP contribution in [0.2, 0.25) is 0 Å². The zero-order valence-electron chi connectivity index (χ0n) is 29.0. The molecule has 14 heteroatoms. The van der Waals surface area contributed by atoms with Crippen molar-refractivity contribution in [2.45, 2.75) is 36.3 Å². The lowest BCUT2D eigenvalue weighted by Crippen LogP contribution is -2.71. The summed E-state index contributed by atoms with van der Waals surface area (Å²) in [5.74, 6) is -1.92. The zero-order valence-corrected chi connectivity index (χ0v) is 30.6. The largest absolute Gasteiger partial charge is 0.477 e. The highest BCUT2D eigenvalue weighted by atomic mass is 32.2. The number of hydrogen-bond donors (Lipinski definition) is 3.